The van der Waals surface area contributed by atoms with Gasteiger partial charge in [0.05, 0.1) is 5.41 Å². The summed E-state index contributed by atoms with van der Waals surface area (Å²) in [6.07, 6.45) is 6.97. The molecule has 0 radical (unpaired) electrons. The third kappa shape index (κ3) is 12.5. The van der Waals surface area contributed by atoms with E-state index in [-0.39, 0.29) is 41.1 Å². The number of anilines is 2. The number of aromatic nitrogens is 2. The number of para-hydroxylation sites is 2. The van der Waals surface area contributed by atoms with Gasteiger partial charge in [-0.25, -0.2) is 9.79 Å². The number of allylic oxidation sites excluding steroid dienone is 8. The van der Waals surface area contributed by atoms with Crippen molar-refractivity contribution >= 4 is 52.3 Å². The number of fused-ring (bicyclic) bond motifs is 2. The monoisotopic (exact) mass is 1170 g/mol. The number of rotatable bonds is 21. The maximum Gasteiger partial charge on any atom is 0.351 e. The number of amidine groups is 1. The molecule has 0 amide bonds. The number of aliphatic imine (C=N–C) groups is 1. The highest BCUT2D eigenvalue weighted by atomic mass is 35.5. The minimum atomic E-state index is -3.87. The van der Waals surface area contributed by atoms with Gasteiger partial charge in [0.15, 0.2) is 17.9 Å². The Morgan fingerprint density at radius 3 is 2.12 bits per heavy atom. The van der Waals surface area contributed by atoms with E-state index in [0.29, 0.717) is 48.4 Å². The van der Waals surface area contributed by atoms with Crippen molar-refractivity contribution in [2.75, 3.05) is 36.9 Å². The zero-order valence-electron chi connectivity index (χ0n) is 47.0. The summed E-state index contributed by atoms with van der Waals surface area (Å²) >= 11 is 7.33. The number of alkyl halides is 4. The molecule has 6 heterocycles. The molecule has 6 atom stereocenters. The second-order valence-electron chi connectivity index (χ2n) is 22.7. The Bertz CT molecular complexity index is 3280. The minimum absolute atomic E-state index is 0.0265. The minimum Gasteiger partial charge on any atom is -0.463 e. The molecule has 9 rings (SSSR count). The van der Waals surface area contributed by atoms with E-state index in [1.807, 2.05) is 24.3 Å². The van der Waals surface area contributed by atoms with Crippen molar-refractivity contribution in [2.24, 2.45) is 10.7 Å². The number of nitrogens with zero attached hydrogens (tertiary/aromatic N) is 6. The van der Waals surface area contributed by atoms with Gasteiger partial charge in [-0.3, -0.25) is 14.2 Å². The van der Waals surface area contributed by atoms with Crippen LogP contribution in [0.4, 0.5) is 34.8 Å². The molecule has 83 heavy (non-hydrogen) atoms. The third-order valence-electron chi connectivity index (χ3n) is 16.4. The summed E-state index contributed by atoms with van der Waals surface area (Å²) in [5.41, 5.74) is 18.3. The largest absolute Gasteiger partial charge is 0.463 e. The first-order chi connectivity index (χ1) is 39.4. The van der Waals surface area contributed by atoms with Crippen LogP contribution in [0.25, 0.3) is 0 Å². The van der Waals surface area contributed by atoms with Gasteiger partial charge in [-0.15, -0.1) is 0 Å². The number of nitrogens with two attached hydrogens (primary N) is 2. The molecule has 1 aliphatic carbocycles. The number of esters is 2. The lowest BCUT2D eigenvalue weighted by atomic mass is 9.81. The summed E-state index contributed by atoms with van der Waals surface area (Å²) in [4.78, 5) is 48.5. The molecule has 0 bridgehead atoms. The van der Waals surface area contributed by atoms with Crippen molar-refractivity contribution in [1.29, 1.82) is 0 Å². The van der Waals surface area contributed by atoms with Crippen molar-refractivity contribution < 1.29 is 60.9 Å². The van der Waals surface area contributed by atoms with Crippen LogP contribution in [0.1, 0.15) is 116 Å². The van der Waals surface area contributed by atoms with E-state index >= 15 is 17.6 Å². The quantitative estimate of drug-likeness (QED) is 0.0338. The fourth-order valence-corrected chi connectivity index (χ4v) is 12.1. The molecular formula is C61H72ClF4N8O9+. The van der Waals surface area contributed by atoms with Crippen LogP contribution in [0.5, 0.6) is 0 Å². The standard InChI is InChI=1S/C61H71ClF4N8O9/c1-37-69-48(67)29-33-71(37)55-60(63,64)53(77)44(82-55)35-80-50(75)23-8-6-14-31-72-42-21-12-10-19-40(42)58(2,3)46(72)27-25-38-17-16-18-39(52(38)62)26-28-47-59(4,5)41-20-11-13-22-43(41)73(47)32-15-7-9-24-51(76)81-36-45-54(78)61(65,66)56(83-45)74-34-30-49(68)70-57(74)79/h10-13,19-22,25-30,33-34,44-45,53-56,77-78H,1,6-9,14-18,23-24,31-32,35-36H2,2-5H3,(H3-,67,68,69,70,79)/p+1. The average Bonchev–Trinajstić information content (AvgIpc) is 2.45. The molecule has 0 spiro atoms. The Morgan fingerprint density at radius 2 is 1.45 bits per heavy atom. The Balaban J connectivity index is 0.795. The summed E-state index contributed by atoms with van der Waals surface area (Å²) < 4.78 is 84.5. The second-order valence-corrected chi connectivity index (χ2v) is 23.1. The number of carbonyl (C=O) groups excluding carboxylic acids is 2. The molecular weight excluding hydrogens is 1100 g/mol. The van der Waals surface area contributed by atoms with Gasteiger partial charge in [0, 0.05) is 77.7 Å². The van der Waals surface area contributed by atoms with Crippen LogP contribution in [-0.2, 0) is 39.4 Å². The highest BCUT2D eigenvalue weighted by Gasteiger charge is 2.62. The van der Waals surface area contributed by atoms with E-state index in [2.05, 4.69) is 102 Å². The first kappa shape index (κ1) is 60.7. The van der Waals surface area contributed by atoms with Gasteiger partial charge >= 0.3 is 29.5 Å². The summed E-state index contributed by atoms with van der Waals surface area (Å²) in [6, 6.07) is 17.8. The molecule has 6 aliphatic rings. The van der Waals surface area contributed by atoms with E-state index in [1.54, 1.807) is 0 Å². The molecule has 2 fully saturated rings. The molecule has 2 aromatic carbocycles. The van der Waals surface area contributed by atoms with E-state index in [0.717, 1.165) is 83.2 Å². The number of halogens is 5. The van der Waals surface area contributed by atoms with Crippen LogP contribution in [0, 0.1) is 0 Å². The van der Waals surface area contributed by atoms with Gasteiger partial charge in [0.1, 0.15) is 49.4 Å². The number of unbranched alkanes of at least 4 members (excludes halogenated alkanes) is 4. The smallest absolute Gasteiger partial charge is 0.351 e. The van der Waals surface area contributed by atoms with Gasteiger partial charge in [-0.2, -0.15) is 27.1 Å². The lowest BCUT2D eigenvalue weighted by molar-refractivity contribution is -0.438. The van der Waals surface area contributed by atoms with Crippen LogP contribution in [-0.4, -0.2) is 122 Å². The topological polar surface area (TPSA) is 220 Å². The SMILES string of the molecule is C=C1N=C(N)C=CN1C1OC(COC(=O)CCCCCN2/C(=C/C=C3\CCCC(/C=C/C4=[N+](CCCCCC(=O)OCC5OC(n6ccc(N)nc6=O)C(F)(F)C5O)c5ccccc5C4(C)C)=C3Cl)C(C)(C)c3ccccc32)C(O)C1(F)F. The molecule has 5 aliphatic heterocycles. The number of aliphatic hydroxyl groups excluding tert-OH is 2. The predicted molar refractivity (Wildman–Crippen MR) is 306 cm³/mol. The zero-order chi connectivity index (χ0) is 59.6. The summed E-state index contributed by atoms with van der Waals surface area (Å²) in [5.74, 6) is -8.93. The first-order valence-electron chi connectivity index (χ1n) is 28.1. The molecule has 6 unspecified atom stereocenters. The van der Waals surface area contributed by atoms with Crippen LogP contribution in [0.15, 0.2) is 141 Å². The fourth-order valence-electron chi connectivity index (χ4n) is 11.8. The molecule has 3 aromatic rings. The van der Waals surface area contributed by atoms with Crippen molar-refractivity contribution in [1.82, 2.24) is 14.5 Å². The second kappa shape index (κ2) is 24.7. The number of nitrogen functional groups attached to an aromatic ring is 1. The van der Waals surface area contributed by atoms with Crippen molar-refractivity contribution in [2.45, 2.75) is 158 Å². The summed E-state index contributed by atoms with van der Waals surface area (Å²) in [5, 5.41) is 21.5. The maximum atomic E-state index is 15.1. The number of aliphatic hydroxyl groups is 2. The number of benzene rings is 2. The molecule has 17 nitrogen and oxygen atoms in total. The highest BCUT2D eigenvalue weighted by molar-refractivity contribution is 6.32. The van der Waals surface area contributed by atoms with E-state index in [4.69, 9.17) is 42.0 Å². The zero-order valence-corrected chi connectivity index (χ0v) is 47.8. The first-order valence-corrected chi connectivity index (χ1v) is 28.5. The molecule has 1 aromatic heterocycles. The molecule has 6 N–H and O–H groups in total. The number of hydrogen-bond acceptors (Lipinski definition) is 15. The summed E-state index contributed by atoms with van der Waals surface area (Å²) in [7, 11) is 0. The van der Waals surface area contributed by atoms with Crippen LogP contribution in [0.2, 0.25) is 0 Å². The number of hydrogen-bond donors (Lipinski definition) is 4. The Hall–Kier alpha value is -6.91. The van der Waals surface area contributed by atoms with Gasteiger partial charge < -0.3 is 50.4 Å². The van der Waals surface area contributed by atoms with Crippen molar-refractivity contribution in [3.63, 3.8) is 0 Å². The van der Waals surface area contributed by atoms with E-state index in [1.165, 1.54) is 23.4 Å². The van der Waals surface area contributed by atoms with Gasteiger partial charge in [0.25, 0.3) is 0 Å². The lowest BCUT2D eigenvalue weighted by Crippen LogP contribution is -2.47. The Morgan fingerprint density at radius 1 is 0.819 bits per heavy atom. The molecule has 0 saturated carbocycles. The fraction of sp³-hybridized carbons (Fsp3) is 0.475. The highest BCUT2D eigenvalue weighted by Crippen LogP contribution is 2.49. The lowest BCUT2D eigenvalue weighted by Gasteiger charge is -2.31. The van der Waals surface area contributed by atoms with Crippen LogP contribution in [0.3, 0.4) is 0 Å². The Kier molecular flexibility index (Phi) is 18.1. The summed E-state index contributed by atoms with van der Waals surface area (Å²) in [6.45, 7) is 12.6. The van der Waals surface area contributed by atoms with Gasteiger partial charge in [-0.05, 0) is 99.8 Å². The Labute approximate surface area is 484 Å². The normalized spacial score (nSPS) is 25.9. The van der Waals surface area contributed by atoms with Gasteiger partial charge in [0.2, 0.25) is 18.1 Å². The van der Waals surface area contributed by atoms with E-state index in [9.17, 15) is 24.6 Å². The maximum absolute atomic E-state index is 15.1. The average molecular weight is 1170 g/mol. The number of carbonyl (C=O) groups is 2. The van der Waals surface area contributed by atoms with E-state index < -0.39 is 79.6 Å². The molecule has 2 saturated heterocycles. The van der Waals surface area contributed by atoms with Gasteiger partial charge in [-0.1, -0.05) is 87.0 Å². The predicted octanol–water partition coefficient (Wildman–Crippen LogP) is 9.22. The molecule has 22 heteroatoms. The van der Waals surface area contributed by atoms with Crippen LogP contribution < -0.4 is 22.1 Å². The van der Waals surface area contributed by atoms with Crippen molar-refractivity contribution in [3.05, 3.63) is 153 Å². The third-order valence-corrected chi connectivity index (χ3v) is 16.8. The van der Waals surface area contributed by atoms with Crippen molar-refractivity contribution in [3.8, 4) is 0 Å². The molecule has 444 valence electrons. The number of ether oxygens (including phenoxy) is 4. The van der Waals surface area contributed by atoms with Crippen LogP contribution >= 0.6 is 11.6 Å².